The first kappa shape index (κ1) is 16.5. The van der Waals surface area contributed by atoms with Crippen LogP contribution in [0.4, 0.5) is 0 Å². The molecular weight excluding hydrogens is 260 g/mol. The van der Waals surface area contributed by atoms with E-state index in [9.17, 15) is 9.90 Å². The normalized spacial score (nSPS) is 12.2. The maximum absolute atomic E-state index is 10.7. The summed E-state index contributed by atoms with van der Waals surface area (Å²) in [7, 11) is 0. The number of benzene rings is 1. The molecule has 0 amide bonds. The smallest absolute Gasteiger partial charge is 0.161 e. The van der Waals surface area contributed by atoms with Gasteiger partial charge in [-0.1, -0.05) is 0 Å². The number of aldehydes is 1. The van der Waals surface area contributed by atoms with Crippen LogP contribution in [0.5, 0.6) is 11.5 Å². The van der Waals surface area contributed by atoms with Crippen LogP contribution >= 0.6 is 0 Å². The Balaban J connectivity index is 2.59. The third-order valence-electron chi connectivity index (χ3n) is 2.46. The monoisotopic (exact) mass is 282 g/mol. The van der Waals surface area contributed by atoms with Crippen molar-refractivity contribution in [3.05, 3.63) is 23.8 Å². The van der Waals surface area contributed by atoms with Gasteiger partial charge in [-0.2, -0.15) is 0 Å². The van der Waals surface area contributed by atoms with Crippen LogP contribution in [-0.2, 0) is 4.74 Å². The first-order chi connectivity index (χ1) is 9.56. The lowest BCUT2D eigenvalue weighted by Gasteiger charge is -2.16. The molecule has 1 rings (SSSR count). The lowest BCUT2D eigenvalue weighted by atomic mass is 10.2. The standard InChI is InChI=1S/C15H22O5/c1-4-18-15-7-12(8-16)5-6-14(15)20-10-13(17)9-19-11(2)3/h5-8,11,13,17H,4,9-10H2,1-3H3. The highest BCUT2D eigenvalue weighted by Crippen LogP contribution is 2.28. The van der Waals surface area contributed by atoms with Crippen LogP contribution in [0.25, 0.3) is 0 Å². The van der Waals surface area contributed by atoms with Gasteiger partial charge in [0.05, 0.1) is 19.3 Å². The van der Waals surface area contributed by atoms with Crippen molar-refractivity contribution in [2.75, 3.05) is 19.8 Å². The molecule has 0 heterocycles. The molecule has 20 heavy (non-hydrogen) atoms. The van der Waals surface area contributed by atoms with E-state index in [1.165, 1.54) is 0 Å². The highest BCUT2D eigenvalue weighted by Gasteiger charge is 2.10. The minimum absolute atomic E-state index is 0.0653. The fraction of sp³-hybridized carbons (Fsp3) is 0.533. The quantitative estimate of drug-likeness (QED) is 0.702. The second kappa shape index (κ2) is 8.55. The van der Waals surface area contributed by atoms with Crippen LogP contribution in [-0.4, -0.2) is 43.4 Å². The van der Waals surface area contributed by atoms with Crippen molar-refractivity contribution in [1.29, 1.82) is 0 Å². The Labute approximate surface area is 119 Å². The van der Waals surface area contributed by atoms with Gasteiger partial charge in [-0.15, -0.1) is 0 Å². The van der Waals surface area contributed by atoms with Crippen molar-refractivity contribution in [2.45, 2.75) is 33.0 Å². The van der Waals surface area contributed by atoms with E-state index in [4.69, 9.17) is 14.2 Å². The van der Waals surface area contributed by atoms with Gasteiger partial charge < -0.3 is 19.3 Å². The molecule has 5 heteroatoms. The fourth-order valence-electron chi connectivity index (χ4n) is 1.52. The van der Waals surface area contributed by atoms with Gasteiger partial charge in [0.2, 0.25) is 0 Å². The van der Waals surface area contributed by atoms with Gasteiger partial charge in [-0.05, 0) is 39.0 Å². The molecule has 112 valence electrons. The Bertz CT molecular complexity index is 417. The molecule has 0 bridgehead atoms. The number of carbonyl (C=O) groups excluding carboxylic acids is 1. The molecule has 1 aromatic carbocycles. The summed E-state index contributed by atoms with van der Waals surface area (Å²) in [5.41, 5.74) is 0.518. The third kappa shape index (κ3) is 5.59. The molecule has 0 spiro atoms. The lowest BCUT2D eigenvalue weighted by Crippen LogP contribution is -2.25. The van der Waals surface area contributed by atoms with E-state index in [1.807, 2.05) is 20.8 Å². The van der Waals surface area contributed by atoms with Crippen molar-refractivity contribution in [1.82, 2.24) is 0 Å². The maximum Gasteiger partial charge on any atom is 0.161 e. The van der Waals surface area contributed by atoms with Crippen LogP contribution in [0.3, 0.4) is 0 Å². The molecule has 0 radical (unpaired) electrons. The number of aliphatic hydroxyl groups is 1. The van der Waals surface area contributed by atoms with Crippen molar-refractivity contribution in [3.8, 4) is 11.5 Å². The minimum atomic E-state index is -0.711. The average Bonchev–Trinajstić information content (AvgIpc) is 2.43. The number of rotatable bonds is 9. The van der Waals surface area contributed by atoms with E-state index in [2.05, 4.69) is 0 Å². The lowest BCUT2D eigenvalue weighted by molar-refractivity contribution is -0.0126. The second-order valence-electron chi connectivity index (χ2n) is 4.60. The van der Waals surface area contributed by atoms with Gasteiger partial charge >= 0.3 is 0 Å². The Morgan fingerprint density at radius 2 is 1.95 bits per heavy atom. The second-order valence-corrected chi connectivity index (χ2v) is 4.60. The molecule has 0 fully saturated rings. The molecular formula is C15H22O5. The van der Waals surface area contributed by atoms with E-state index in [0.717, 1.165) is 6.29 Å². The Morgan fingerprint density at radius 3 is 2.55 bits per heavy atom. The van der Waals surface area contributed by atoms with Crippen molar-refractivity contribution in [3.63, 3.8) is 0 Å². The number of hydrogen-bond acceptors (Lipinski definition) is 5. The summed E-state index contributed by atoms with van der Waals surface area (Å²) < 4.78 is 16.2. The minimum Gasteiger partial charge on any atom is -0.490 e. The number of aliphatic hydroxyl groups excluding tert-OH is 1. The maximum atomic E-state index is 10.7. The van der Waals surface area contributed by atoms with E-state index in [-0.39, 0.29) is 19.3 Å². The van der Waals surface area contributed by atoms with Crippen molar-refractivity contribution < 1.29 is 24.1 Å². The number of ether oxygens (including phenoxy) is 3. The van der Waals surface area contributed by atoms with Crippen molar-refractivity contribution >= 4 is 6.29 Å². The summed E-state index contributed by atoms with van der Waals surface area (Å²) in [6.45, 7) is 6.44. The molecule has 1 aromatic rings. The van der Waals surface area contributed by atoms with Crippen molar-refractivity contribution in [2.24, 2.45) is 0 Å². The van der Waals surface area contributed by atoms with Crippen LogP contribution < -0.4 is 9.47 Å². The van der Waals surface area contributed by atoms with Crippen LogP contribution in [0.2, 0.25) is 0 Å². The highest BCUT2D eigenvalue weighted by atomic mass is 16.5. The summed E-state index contributed by atoms with van der Waals surface area (Å²) in [5.74, 6) is 0.995. The Morgan fingerprint density at radius 1 is 1.20 bits per heavy atom. The van der Waals surface area contributed by atoms with Gasteiger partial charge in [0.15, 0.2) is 11.5 Å². The molecule has 1 atom stereocenters. The zero-order chi connectivity index (χ0) is 15.0. The van der Waals surface area contributed by atoms with Crippen LogP contribution in [0.1, 0.15) is 31.1 Å². The van der Waals surface area contributed by atoms with E-state index in [1.54, 1.807) is 18.2 Å². The summed E-state index contributed by atoms with van der Waals surface area (Å²) in [6, 6.07) is 4.91. The van der Waals surface area contributed by atoms with Gasteiger partial charge in [0, 0.05) is 5.56 Å². The molecule has 0 saturated heterocycles. The fourth-order valence-corrected chi connectivity index (χ4v) is 1.52. The van der Waals surface area contributed by atoms with Gasteiger partial charge in [0.1, 0.15) is 19.0 Å². The van der Waals surface area contributed by atoms with E-state index >= 15 is 0 Å². The zero-order valence-electron chi connectivity index (χ0n) is 12.2. The summed E-state index contributed by atoms with van der Waals surface area (Å²) in [6.07, 6.45) is 0.102. The molecule has 0 saturated carbocycles. The largest absolute Gasteiger partial charge is 0.490 e. The van der Waals surface area contributed by atoms with E-state index < -0.39 is 6.10 Å². The summed E-state index contributed by atoms with van der Waals surface area (Å²) in [4.78, 5) is 10.7. The molecule has 0 aromatic heterocycles. The first-order valence-corrected chi connectivity index (χ1v) is 6.71. The molecule has 1 N–H and O–H groups in total. The predicted octanol–water partition coefficient (Wildman–Crippen LogP) is 2.06. The summed E-state index contributed by atoms with van der Waals surface area (Å²) in [5, 5.41) is 9.73. The average molecular weight is 282 g/mol. The van der Waals surface area contributed by atoms with E-state index in [0.29, 0.717) is 23.7 Å². The van der Waals surface area contributed by atoms with Crippen LogP contribution in [0.15, 0.2) is 18.2 Å². The predicted molar refractivity (Wildman–Crippen MR) is 75.6 cm³/mol. The molecule has 1 unspecified atom stereocenters. The molecule has 0 aliphatic rings. The van der Waals surface area contributed by atoms with Crippen LogP contribution in [0, 0.1) is 0 Å². The molecule has 0 aliphatic carbocycles. The SMILES string of the molecule is CCOc1cc(C=O)ccc1OCC(O)COC(C)C. The topological polar surface area (TPSA) is 65.0 Å². The third-order valence-corrected chi connectivity index (χ3v) is 2.46. The molecule has 5 nitrogen and oxygen atoms in total. The van der Waals surface area contributed by atoms with Gasteiger partial charge in [-0.3, -0.25) is 4.79 Å². The summed E-state index contributed by atoms with van der Waals surface area (Å²) >= 11 is 0. The number of hydrogen-bond donors (Lipinski definition) is 1. The molecule has 0 aliphatic heterocycles. The Kier molecular flexibility index (Phi) is 7.04. The van der Waals surface area contributed by atoms with Gasteiger partial charge in [0.25, 0.3) is 0 Å². The number of carbonyl (C=O) groups is 1. The Hall–Kier alpha value is -1.59. The first-order valence-electron chi connectivity index (χ1n) is 6.71. The van der Waals surface area contributed by atoms with Gasteiger partial charge in [-0.25, -0.2) is 0 Å². The highest BCUT2D eigenvalue weighted by molar-refractivity contribution is 5.76. The zero-order valence-corrected chi connectivity index (χ0v) is 12.2.